The minimum atomic E-state index is -0.590. The maximum atomic E-state index is 13.7. The molecule has 0 unspecified atom stereocenters. The number of amides is 2. The van der Waals surface area contributed by atoms with E-state index in [1.54, 1.807) is 16.7 Å². The van der Waals surface area contributed by atoms with E-state index in [1.165, 1.54) is 0 Å². The molecule has 0 aliphatic carbocycles. The van der Waals surface area contributed by atoms with E-state index in [-0.39, 0.29) is 17.9 Å². The Bertz CT molecular complexity index is 1140. The van der Waals surface area contributed by atoms with Crippen molar-refractivity contribution in [3.05, 3.63) is 101 Å². The molecule has 0 heterocycles. The molecule has 0 aliphatic rings. The SMILES string of the molecule is CC[C@H](C)NC(=O)[C@H](Cc1ccccc1)N(Cc1cccc(C)c1)C(=O)CCCSc1ccc(Cl)cc1. The maximum Gasteiger partial charge on any atom is 0.243 e. The fourth-order valence-electron chi connectivity index (χ4n) is 4.09. The lowest BCUT2D eigenvalue weighted by molar-refractivity contribution is -0.141. The van der Waals surface area contributed by atoms with Crippen LogP contribution in [0.4, 0.5) is 0 Å². The van der Waals surface area contributed by atoms with Crippen LogP contribution in [0.3, 0.4) is 0 Å². The second-order valence-electron chi connectivity index (χ2n) is 9.44. The summed E-state index contributed by atoms with van der Waals surface area (Å²) < 4.78 is 0. The number of carbonyl (C=O) groups is 2. The number of carbonyl (C=O) groups excluding carboxylic acids is 2. The van der Waals surface area contributed by atoms with Crippen LogP contribution in [-0.4, -0.2) is 34.6 Å². The molecule has 0 fully saturated rings. The third kappa shape index (κ3) is 9.56. The van der Waals surface area contributed by atoms with Gasteiger partial charge in [-0.05, 0) is 67.8 Å². The van der Waals surface area contributed by atoms with E-state index >= 15 is 0 Å². The predicted molar refractivity (Wildman–Crippen MR) is 155 cm³/mol. The zero-order chi connectivity index (χ0) is 26.6. The fourth-order valence-corrected chi connectivity index (χ4v) is 5.07. The van der Waals surface area contributed by atoms with Crippen molar-refractivity contribution in [2.45, 2.75) is 70.0 Å². The van der Waals surface area contributed by atoms with Crippen molar-refractivity contribution in [2.24, 2.45) is 0 Å². The monoisotopic (exact) mass is 536 g/mol. The zero-order valence-corrected chi connectivity index (χ0v) is 23.5. The number of aryl methyl sites for hydroxylation is 1. The Morgan fingerprint density at radius 2 is 1.68 bits per heavy atom. The average molecular weight is 537 g/mol. The van der Waals surface area contributed by atoms with Gasteiger partial charge < -0.3 is 10.2 Å². The van der Waals surface area contributed by atoms with Crippen LogP contribution in [0.25, 0.3) is 0 Å². The molecule has 196 valence electrons. The van der Waals surface area contributed by atoms with E-state index in [2.05, 4.69) is 11.4 Å². The summed E-state index contributed by atoms with van der Waals surface area (Å²) in [5.41, 5.74) is 3.19. The number of rotatable bonds is 13. The minimum Gasteiger partial charge on any atom is -0.352 e. The van der Waals surface area contributed by atoms with Crippen LogP contribution < -0.4 is 5.32 Å². The van der Waals surface area contributed by atoms with Gasteiger partial charge in [-0.15, -0.1) is 11.8 Å². The first kappa shape index (κ1) is 28.8. The summed E-state index contributed by atoms with van der Waals surface area (Å²) in [6.45, 7) is 6.49. The quantitative estimate of drug-likeness (QED) is 0.188. The molecule has 4 nitrogen and oxygen atoms in total. The highest BCUT2D eigenvalue weighted by Gasteiger charge is 2.30. The van der Waals surface area contributed by atoms with Gasteiger partial charge in [0.2, 0.25) is 11.8 Å². The first-order valence-corrected chi connectivity index (χ1v) is 14.3. The Hall–Kier alpha value is -2.76. The highest BCUT2D eigenvalue weighted by atomic mass is 35.5. The Labute approximate surface area is 230 Å². The summed E-state index contributed by atoms with van der Waals surface area (Å²) in [7, 11) is 0. The molecule has 3 aromatic rings. The number of hydrogen-bond donors (Lipinski definition) is 1. The van der Waals surface area contributed by atoms with Gasteiger partial charge >= 0.3 is 0 Å². The molecule has 0 saturated heterocycles. The Morgan fingerprint density at radius 1 is 0.973 bits per heavy atom. The summed E-state index contributed by atoms with van der Waals surface area (Å²) in [6.07, 6.45) is 2.41. The lowest BCUT2D eigenvalue weighted by atomic mass is 10.0. The first-order valence-electron chi connectivity index (χ1n) is 12.9. The normalized spacial score (nSPS) is 12.5. The van der Waals surface area contributed by atoms with Crippen LogP contribution in [0.1, 0.15) is 49.8 Å². The average Bonchev–Trinajstić information content (AvgIpc) is 2.90. The van der Waals surface area contributed by atoms with Gasteiger partial charge in [0.1, 0.15) is 6.04 Å². The van der Waals surface area contributed by atoms with E-state index in [9.17, 15) is 9.59 Å². The smallest absolute Gasteiger partial charge is 0.243 e. The third-order valence-electron chi connectivity index (χ3n) is 6.32. The summed E-state index contributed by atoms with van der Waals surface area (Å²) in [5.74, 6) is 0.710. The number of benzene rings is 3. The van der Waals surface area contributed by atoms with Crippen molar-refractivity contribution in [3.8, 4) is 0 Å². The Kier molecular flexibility index (Phi) is 11.6. The van der Waals surface area contributed by atoms with Crippen molar-refractivity contribution in [1.29, 1.82) is 0 Å². The second kappa shape index (κ2) is 14.8. The van der Waals surface area contributed by atoms with Gasteiger partial charge in [-0.25, -0.2) is 0 Å². The molecular formula is C31H37ClN2O2S. The molecule has 0 aliphatic heterocycles. The van der Waals surface area contributed by atoms with Gasteiger partial charge in [0.25, 0.3) is 0 Å². The second-order valence-corrected chi connectivity index (χ2v) is 11.0. The van der Waals surface area contributed by atoms with Gasteiger partial charge in [0.15, 0.2) is 0 Å². The topological polar surface area (TPSA) is 49.4 Å². The molecule has 2 amide bonds. The van der Waals surface area contributed by atoms with Crippen molar-refractivity contribution in [2.75, 3.05) is 5.75 Å². The van der Waals surface area contributed by atoms with Crippen LogP contribution >= 0.6 is 23.4 Å². The molecule has 0 bridgehead atoms. The third-order valence-corrected chi connectivity index (χ3v) is 7.68. The minimum absolute atomic E-state index is 0.00144. The van der Waals surface area contributed by atoms with Crippen LogP contribution in [0.2, 0.25) is 5.02 Å². The van der Waals surface area contributed by atoms with Crippen LogP contribution in [0, 0.1) is 6.92 Å². The Balaban J connectivity index is 1.79. The Morgan fingerprint density at radius 3 is 2.35 bits per heavy atom. The highest BCUT2D eigenvalue weighted by molar-refractivity contribution is 7.99. The number of thioether (sulfide) groups is 1. The van der Waals surface area contributed by atoms with E-state index < -0.39 is 6.04 Å². The van der Waals surface area contributed by atoms with E-state index in [0.717, 1.165) is 40.2 Å². The highest BCUT2D eigenvalue weighted by Crippen LogP contribution is 2.23. The number of hydrogen-bond acceptors (Lipinski definition) is 3. The summed E-state index contributed by atoms with van der Waals surface area (Å²) in [4.78, 5) is 30.2. The van der Waals surface area contributed by atoms with E-state index in [1.807, 2.05) is 93.6 Å². The zero-order valence-electron chi connectivity index (χ0n) is 22.0. The fraction of sp³-hybridized carbons (Fsp3) is 0.355. The molecule has 6 heteroatoms. The van der Waals surface area contributed by atoms with Gasteiger partial charge in [-0.1, -0.05) is 78.7 Å². The summed E-state index contributed by atoms with van der Waals surface area (Å²) in [6, 6.07) is 25.3. The van der Waals surface area contributed by atoms with Gasteiger partial charge in [0, 0.05) is 35.3 Å². The lowest BCUT2D eigenvalue weighted by Crippen LogP contribution is -2.52. The number of nitrogens with zero attached hydrogens (tertiary/aromatic N) is 1. The molecule has 2 atom stereocenters. The predicted octanol–water partition coefficient (Wildman–Crippen LogP) is 7.08. The number of halogens is 1. The van der Waals surface area contributed by atoms with Crippen LogP contribution in [0.5, 0.6) is 0 Å². The molecule has 0 saturated carbocycles. The van der Waals surface area contributed by atoms with Crippen molar-refractivity contribution in [3.63, 3.8) is 0 Å². The standard InChI is InChI=1S/C31H37ClN2O2S/c1-4-24(3)33-31(36)29(21-25-11-6-5-7-12-25)34(22-26-13-8-10-23(2)20-26)30(35)14-9-19-37-28-17-15-27(32)16-18-28/h5-8,10-13,15-18,20,24,29H,4,9,14,19,21-22H2,1-3H3,(H,33,36)/t24-,29-/m0/s1. The van der Waals surface area contributed by atoms with Crippen molar-refractivity contribution in [1.82, 2.24) is 10.2 Å². The molecule has 3 rings (SSSR count). The summed E-state index contributed by atoms with van der Waals surface area (Å²) >= 11 is 7.70. The van der Waals surface area contributed by atoms with Gasteiger partial charge in [0.05, 0.1) is 0 Å². The maximum absolute atomic E-state index is 13.7. The molecule has 0 spiro atoms. The molecule has 0 radical (unpaired) electrons. The molecule has 37 heavy (non-hydrogen) atoms. The van der Waals surface area contributed by atoms with Crippen LogP contribution in [0.15, 0.2) is 83.8 Å². The van der Waals surface area contributed by atoms with Crippen molar-refractivity contribution >= 4 is 35.2 Å². The lowest BCUT2D eigenvalue weighted by Gasteiger charge is -2.32. The largest absolute Gasteiger partial charge is 0.352 e. The number of nitrogens with one attached hydrogen (secondary N) is 1. The van der Waals surface area contributed by atoms with E-state index in [0.29, 0.717) is 24.4 Å². The molecule has 1 N–H and O–H groups in total. The van der Waals surface area contributed by atoms with Crippen LogP contribution in [-0.2, 0) is 22.6 Å². The molecule has 0 aromatic heterocycles. The van der Waals surface area contributed by atoms with Gasteiger partial charge in [-0.2, -0.15) is 0 Å². The van der Waals surface area contributed by atoms with Gasteiger partial charge in [-0.3, -0.25) is 9.59 Å². The van der Waals surface area contributed by atoms with E-state index in [4.69, 9.17) is 11.6 Å². The molecule has 3 aromatic carbocycles. The first-order chi connectivity index (χ1) is 17.9. The summed E-state index contributed by atoms with van der Waals surface area (Å²) in [5, 5.41) is 3.84. The molecular weight excluding hydrogens is 500 g/mol. The van der Waals surface area contributed by atoms with Crippen molar-refractivity contribution < 1.29 is 9.59 Å².